The third-order valence-electron chi connectivity index (χ3n) is 13.2. The summed E-state index contributed by atoms with van der Waals surface area (Å²) >= 11 is 0. The fourth-order valence-corrected chi connectivity index (χ4v) is 10.3. The Kier molecular flexibility index (Phi) is 13.2. The summed E-state index contributed by atoms with van der Waals surface area (Å²) in [7, 11) is -2.48. The zero-order valence-corrected chi connectivity index (χ0v) is 38.6. The number of hydrogen-bond donors (Lipinski definition) is 3. The number of allylic oxidation sites excluding steroid dienone is 1. The smallest absolute Gasteiger partial charge is 0.408 e. The molecule has 1 aromatic heterocycles. The summed E-state index contributed by atoms with van der Waals surface area (Å²) in [5, 5.41) is 13.4. The monoisotopic (exact) mass is 923 g/mol. The van der Waals surface area contributed by atoms with Crippen LogP contribution < -0.4 is 24.2 Å². The normalized spacial score (nSPS) is 25.9. The number of nitrogens with zero attached hydrogens (tertiary/aromatic N) is 3. The van der Waals surface area contributed by atoms with E-state index in [1.54, 1.807) is 37.3 Å². The van der Waals surface area contributed by atoms with Gasteiger partial charge in [-0.2, -0.15) is 0 Å². The lowest BCUT2D eigenvalue weighted by Crippen LogP contribution is -2.66. The van der Waals surface area contributed by atoms with Crippen molar-refractivity contribution in [1.29, 1.82) is 0 Å². The number of fused-ring (bicyclic) bond motifs is 3. The maximum Gasteiger partial charge on any atom is 0.408 e. The van der Waals surface area contributed by atoms with Crippen LogP contribution in [0.15, 0.2) is 60.7 Å². The van der Waals surface area contributed by atoms with E-state index < -0.39 is 86.1 Å². The molecule has 6 atom stereocenters. The van der Waals surface area contributed by atoms with E-state index in [9.17, 15) is 27.9 Å². The van der Waals surface area contributed by atoms with E-state index in [0.717, 1.165) is 19.4 Å². The molecule has 65 heavy (non-hydrogen) atoms. The molecule has 2 aromatic carbocycles. The Morgan fingerprint density at radius 2 is 1.72 bits per heavy atom. The van der Waals surface area contributed by atoms with Crippen molar-refractivity contribution >= 4 is 44.7 Å². The van der Waals surface area contributed by atoms with Crippen LogP contribution in [0.3, 0.4) is 0 Å². The summed E-state index contributed by atoms with van der Waals surface area (Å²) in [4.78, 5) is 63.8. The molecule has 0 bridgehead atoms. The molecule has 4 amide bonds. The second-order valence-corrected chi connectivity index (χ2v) is 20.7. The Labute approximate surface area is 378 Å². The maximum absolute atomic E-state index is 15.5. The van der Waals surface area contributed by atoms with Gasteiger partial charge in [0, 0.05) is 42.3 Å². The van der Waals surface area contributed by atoms with Crippen molar-refractivity contribution in [2.45, 2.75) is 139 Å². The van der Waals surface area contributed by atoms with E-state index in [0.29, 0.717) is 84.2 Å². The van der Waals surface area contributed by atoms with Gasteiger partial charge in [-0.1, -0.05) is 25.5 Å². The number of sulfonamides is 1. The van der Waals surface area contributed by atoms with Crippen molar-refractivity contribution in [3.8, 4) is 28.5 Å². The van der Waals surface area contributed by atoms with Gasteiger partial charge in [-0.25, -0.2) is 27.0 Å². The van der Waals surface area contributed by atoms with Gasteiger partial charge >= 0.3 is 6.09 Å². The highest BCUT2D eigenvalue weighted by Crippen LogP contribution is 2.47. The van der Waals surface area contributed by atoms with Crippen LogP contribution in [-0.4, -0.2) is 112 Å². The Balaban J connectivity index is 1.30. The minimum Gasteiger partial charge on any atom is -0.497 e. The second kappa shape index (κ2) is 18.0. The first kappa shape index (κ1) is 47.4. The minimum absolute atomic E-state index is 0.0415. The molecule has 0 radical (unpaired) electrons. The van der Waals surface area contributed by atoms with Crippen LogP contribution >= 0.6 is 0 Å². The summed E-state index contributed by atoms with van der Waals surface area (Å²) in [6.07, 6.45) is 3.57. The predicted octanol–water partition coefficient (Wildman–Crippen LogP) is 7.08. The van der Waals surface area contributed by atoms with Crippen molar-refractivity contribution in [1.82, 2.24) is 24.8 Å². The van der Waals surface area contributed by atoms with E-state index >= 15 is 13.6 Å². The van der Waals surface area contributed by atoms with Gasteiger partial charge in [0.05, 0.1) is 36.2 Å². The lowest BCUT2D eigenvalue weighted by atomic mass is 9.86. The number of aromatic nitrogens is 1. The molecule has 3 aromatic rings. The Morgan fingerprint density at radius 1 is 1.03 bits per heavy atom. The molecule has 3 heterocycles. The maximum atomic E-state index is 15.5. The summed E-state index contributed by atoms with van der Waals surface area (Å²) in [6, 6.07) is 11.2. The Hall–Kier alpha value is -5.52. The molecule has 4 aliphatic rings. The van der Waals surface area contributed by atoms with Crippen LogP contribution in [0.25, 0.3) is 22.2 Å². The first-order valence-electron chi connectivity index (χ1n) is 22.2. The lowest BCUT2D eigenvalue weighted by molar-refractivity contribution is -0.156. The van der Waals surface area contributed by atoms with Crippen molar-refractivity contribution in [3.05, 3.63) is 60.7 Å². The number of amides is 4. The molecule has 3 fully saturated rings. The number of carbonyl (C=O) groups is 4. The fourth-order valence-electron chi connectivity index (χ4n) is 8.89. The van der Waals surface area contributed by atoms with Crippen LogP contribution in [0.4, 0.5) is 13.6 Å². The number of methoxy groups -OCH3 is 1. The standard InChI is InChI=1S/C47H59F2N5O10S/c1-27(2)63-31-16-14-29(15-17-31)36-24-39(35-21-18-32(62-7)22-37(35)50-36)64-33-23-38-41(55)51-47(43(57)52-65(60,61)34-19-20-34)25-30(47)13-11-9-8-10-12-28(3)40(42(56)53(38)26-33)54(44(58)59)45(4,5)46(6,48)49/h11,13-18,21-22,24,27-28,30,33-34,38,40H,8-10,12,19-20,23,25-26H2,1-7H3,(H,51,55)(H,52,57)(H,58,59)/b13-11-/t28-,30-,33-,38+,40+,47-/m1/s1. The number of carboxylic acid groups (broad SMARTS) is 1. The molecule has 2 aliphatic carbocycles. The van der Waals surface area contributed by atoms with Crippen LogP contribution in [0.2, 0.25) is 0 Å². The van der Waals surface area contributed by atoms with Crippen LogP contribution in [0.1, 0.15) is 92.9 Å². The summed E-state index contributed by atoms with van der Waals surface area (Å²) in [6.45, 7) is 7.96. The van der Waals surface area contributed by atoms with Gasteiger partial charge in [-0.05, 0) is 109 Å². The molecule has 2 saturated carbocycles. The number of hydrogen-bond acceptors (Lipinski definition) is 10. The molecule has 3 N–H and O–H groups in total. The van der Waals surface area contributed by atoms with E-state index in [4.69, 9.17) is 19.2 Å². The second-order valence-electron chi connectivity index (χ2n) is 18.7. The molecule has 7 rings (SSSR count). The van der Waals surface area contributed by atoms with Crippen LogP contribution in [0.5, 0.6) is 17.2 Å². The lowest BCUT2D eigenvalue weighted by Gasteiger charge is -2.47. The number of carbonyl (C=O) groups excluding carboxylic acids is 3. The van der Waals surface area contributed by atoms with Crippen LogP contribution in [0, 0.1) is 11.8 Å². The van der Waals surface area contributed by atoms with Gasteiger partial charge < -0.3 is 29.5 Å². The van der Waals surface area contributed by atoms with Gasteiger partial charge in [0.15, 0.2) is 0 Å². The number of halogens is 2. The van der Waals surface area contributed by atoms with Crippen molar-refractivity contribution in [3.63, 3.8) is 0 Å². The molecule has 15 nitrogen and oxygen atoms in total. The largest absolute Gasteiger partial charge is 0.497 e. The third kappa shape index (κ3) is 9.87. The molecule has 2 aliphatic heterocycles. The van der Waals surface area contributed by atoms with Gasteiger partial charge in [0.2, 0.25) is 21.8 Å². The number of nitrogens with one attached hydrogen (secondary N) is 2. The topological polar surface area (TPSA) is 194 Å². The van der Waals surface area contributed by atoms with Crippen LogP contribution in [-0.2, 0) is 24.4 Å². The summed E-state index contributed by atoms with van der Waals surface area (Å²) in [5.74, 6) is -6.00. The highest BCUT2D eigenvalue weighted by atomic mass is 32.2. The van der Waals surface area contributed by atoms with Gasteiger partial charge in [0.25, 0.3) is 11.8 Å². The Bertz CT molecular complexity index is 2460. The average Bonchev–Trinajstić information content (AvgIpc) is 4.16. The fraction of sp³-hybridized carbons (Fsp3) is 0.553. The SMILES string of the molecule is COc1ccc2c(O[C@@H]3C[C@H]4C(=O)N[C@]5(C(=O)NS(=O)(=O)C6CC6)C[C@H]5/C=C\CCCC[C@@H](C)[C@H](N(C(=O)O)C(C)(C)C(C)(F)F)C(=O)N4C3)cc(-c3ccc(OC(C)C)cc3)nc2c1. The molecule has 1 saturated heterocycles. The van der Waals surface area contributed by atoms with Gasteiger partial charge in [-0.15, -0.1) is 0 Å². The minimum atomic E-state index is -4.01. The van der Waals surface area contributed by atoms with Crippen molar-refractivity contribution in [2.75, 3.05) is 13.7 Å². The van der Waals surface area contributed by atoms with Crippen molar-refractivity contribution < 1.29 is 55.7 Å². The number of pyridine rings is 1. The number of alkyl halides is 2. The van der Waals surface area contributed by atoms with Crippen molar-refractivity contribution in [2.24, 2.45) is 11.8 Å². The zero-order chi connectivity index (χ0) is 47.2. The van der Waals surface area contributed by atoms with E-state index in [1.165, 1.54) is 12.0 Å². The molecule has 352 valence electrons. The number of rotatable bonds is 12. The number of benzene rings is 2. The first-order valence-corrected chi connectivity index (χ1v) is 23.8. The Morgan fingerprint density at radius 3 is 2.35 bits per heavy atom. The molecular weight excluding hydrogens is 865 g/mol. The highest BCUT2D eigenvalue weighted by molar-refractivity contribution is 7.91. The van der Waals surface area contributed by atoms with Gasteiger partial charge in [-0.3, -0.25) is 24.0 Å². The quantitative estimate of drug-likeness (QED) is 0.157. The number of ether oxygens (including phenoxy) is 3. The first-order chi connectivity index (χ1) is 30.6. The molecule has 0 spiro atoms. The average molecular weight is 924 g/mol. The van der Waals surface area contributed by atoms with E-state index in [2.05, 4.69) is 10.0 Å². The summed E-state index contributed by atoms with van der Waals surface area (Å²) < 4.78 is 77.2. The van der Waals surface area contributed by atoms with Gasteiger partial charge in [0.1, 0.15) is 46.5 Å². The molecular formula is C47H59F2N5O10S. The van der Waals surface area contributed by atoms with E-state index in [1.807, 2.05) is 44.2 Å². The summed E-state index contributed by atoms with van der Waals surface area (Å²) in [5.41, 5.74) is -2.29. The third-order valence-corrected chi connectivity index (χ3v) is 15.0. The molecule has 18 heteroatoms. The van der Waals surface area contributed by atoms with E-state index in [-0.39, 0.29) is 25.5 Å². The molecule has 0 unspecified atom stereocenters. The highest BCUT2D eigenvalue weighted by Gasteiger charge is 2.62. The zero-order valence-electron chi connectivity index (χ0n) is 37.8. The predicted molar refractivity (Wildman–Crippen MR) is 238 cm³/mol.